The fourth-order valence-electron chi connectivity index (χ4n) is 2.62. The summed E-state index contributed by atoms with van der Waals surface area (Å²) in [6.07, 6.45) is 3.45. The molecule has 0 aliphatic carbocycles. The van der Waals surface area contributed by atoms with Crippen LogP contribution in [0.4, 0.5) is 11.4 Å². The maximum atomic E-state index is 6.23. The predicted molar refractivity (Wildman–Crippen MR) is 78.4 cm³/mol. The molecule has 0 saturated carbocycles. The number of rotatable bonds is 2. The molecule has 0 unspecified atom stereocenters. The van der Waals surface area contributed by atoms with Gasteiger partial charge in [0.05, 0.1) is 23.9 Å². The van der Waals surface area contributed by atoms with E-state index in [1.54, 1.807) is 12.5 Å². The quantitative estimate of drug-likeness (QED) is 0.810. The van der Waals surface area contributed by atoms with Crippen LogP contribution < -0.4 is 16.0 Å². The lowest BCUT2D eigenvalue weighted by Gasteiger charge is -2.31. The zero-order valence-corrected chi connectivity index (χ0v) is 11.1. The van der Waals surface area contributed by atoms with Crippen LogP contribution in [0.25, 0.3) is 11.1 Å². The summed E-state index contributed by atoms with van der Waals surface area (Å²) in [6, 6.07) is 6.20. The standard InChI is InChI=1S/C15H19N3O/c1-11-8-15(18-5-3-17-4-6-18)14(16)9-13(11)12-2-7-19-10-12/h2,7-10,17H,3-6,16H2,1H3. The van der Waals surface area contributed by atoms with E-state index in [-0.39, 0.29) is 0 Å². The van der Waals surface area contributed by atoms with E-state index in [9.17, 15) is 0 Å². The van der Waals surface area contributed by atoms with Crippen LogP contribution in [-0.4, -0.2) is 26.2 Å². The molecule has 2 heterocycles. The van der Waals surface area contributed by atoms with Crippen molar-refractivity contribution in [1.29, 1.82) is 0 Å². The Balaban J connectivity index is 1.97. The van der Waals surface area contributed by atoms with Gasteiger partial charge in [-0.2, -0.15) is 0 Å². The first-order chi connectivity index (χ1) is 9.25. The molecule has 1 aromatic heterocycles. The molecule has 3 rings (SSSR count). The number of hydrogen-bond acceptors (Lipinski definition) is 4. The number of nitrogens with one attached hydrogen (secondary N) is 1. The summed E-state index contributed by atoms with van der Waals surface area (Å²) in [5, 5.41) is 3.36. The molecule has 0 radical (unpaired) electrons. The Morgan fingerprint density at radius 1 is 1.26 bits per heavy atom. The van der Waals surface area contributed by atoms with Gasteiger partial charge in [0.15, 0.2) is 0 Å². The van der Waals surface area contributed by atoms with Crippen LogP contribution in [-0.2, 0) is 0 Å². The SMILES string of the molecule is Cc1cc(N2CCNCC2)c(N)cc1-c1ccoc1. The van der Waals surface area contributed by atoms with Crippen molar-refractivity contribution in [3.8, 4) is 11.1 Å². The minimum Gasteiger partial charge on any atom is -0.472 e. The number of hydrogen-bond donors (Lipinski definition) is 2. The van der Waals surface area contributed by atoms with Crippen LogP contribution >= 0.6 is 0 Å². The second-order valence-electron chi connectivity index (χ2n) is 4.98. The summed E-state index contributed by atoms with van der Waals surface area (Å²) >= 11 is 0. The summed E-state index contributed by atoms with van der Waals surface area (Å²) in [6.45, 7) is 6.17. The van der Waals surface area contributed by atoms with E-state index < -0.39 is 0 Å². The van der Waals surface area contributed by atoms with E-state index in [1.807, 2.05) is 6.07 Å². The number of nitrogen functional groups attached to an aromatic ring is 1. The third-order valence-corrected chi connectivity index (χ3v) is 3.66. The highest BCUT2D eigenvalue weighted by Gasteiger charge is 2.15. The zero-order chi connectivity index (χ0) is 13.2. The summed E-state index contributed by atoms with van der Waals surface area (Å²) in [4.78, 5) is 2.35. The fourth-order valence-corrected chi connectivity index (χ4v) is 2.62. The lowest BCUT2D eigenvalue weighted by molar-refractivity contribution is 0.568. The van der Waals surface area contributed by atoms with Crippen molar-refractivity contribution in [3.05, 3.63) is 36.3 Å². The normalized spacial score (nSPS) is 15.7. The van der Waals surface area contributed by atoms with Crippen LogP contribution in [0, 0.1) is 6.92 Å². The lowest BCUT2D eigenvalue weighted by Crippen LogP contribution is -2.43. The first kappa shape index (κ1) is 12.1. The molecule has 100 valence electrons. The van der Waals surface area contributed by atoms with Gasteiger partial charge in [-0.1, -0.05) is 0 Å². The molecule has 1 fully saturated rings. The molecule has 4 heteroatoms. The first-order valence-electron chi connectivity index (χ1n) is 6.64. The third-order valence-electron chi connectivity index (χ3n) is 3.66. The maximum Gasteiger partial charge on any atom is 0.0981 e. The monoisotopic (exact) mass is 257 g/mol. The molecule has 4 nitrogen and oxygen atoms in total. The molecule has 0 amide bonds. The van der Waals surface area contributed by atoms with Gasteiger partial charge in [0.25, 0.3) is 0 Å². The molecular formula is C15H19N3O. The number of aryl methyl sites for hydroxylation is 1. The molecular weight excluding hydrogens is 238 g/mol. The molecule has 1 saturated heterocycles. The van der Waals surface area contributed by atoms with Gasteiger partial charge in [0.1, 0.15) is 0 Å². The van der Waals surface area contributed by atoms with Gasteiger partial charge in [0.2, 0.25) is 0 Å². The van der Waals surface area contributed by atoms with Gasteiger partial charge in [-0.05, 0) is 36.2 Å². The number of piperazine rings is 1. The second-order valence-corrected chi connectivity index (χ2v) is 4.98. The van der Waals surface area contributed by atoms with Crippen LogP contribution in [0.15, 0.2) is 35.1 Å². The predicted octanol–water partition coefficient (Wildman–Crippen LogP) is 2.25. The van der Waals surface area contributed by atoms with E-state index in [4.69, 9.17) is 10.2 Å². The Morgan fingerprint density at radius 3 is 2.74 bits per heavy atom. The van der Waals surface area contributed by atoms with Crippen LogP contribution in [0.3, 0.4) is 0 Å². The molecule has 0 spiro atoms. The summed E-state index contributed by atoms with van der Waals surface area (Å²) < 4.78 is 5.15. The summed E-state index contributed by atoms with van der Waals surface area (Å²) in [7, 11) is 0. The van der Waals surface area contributed by atoms with E-state index >= 15 is 0 Å². The highest BCUT2D eigenvalue weighted by atomic mass is 16.3. The van der Waals surface area contributed by atoms with Crippen LogP contribution in [0.2, 0.25) is 0 Å². The van der Waals surface area contributed by atoms with Gasteiger partial charge >= 0.3 is 0 Å². The second kappa shape index (κ2) is 4.97. The van der Waals surface area contributed by atoms with Crippen molar-refractivity contribution >= 4 is 11.4 Å². The number of furan rings is 1. The lowest BCUT2D eigenvalue weighted by atomic mass is 10.0. The van der Waals surface area contributed by atoms with Crippen LogP contribution in [0.5, 0.6) is 0 Å². The average molecular weight is 257 g/mol. The van der Waals surface area contributed by atoms with E-state index in [2.05, 4.69) is 29.3 Å². The Kier molecular flexibility index (Phi) is 3.17. The van der Waals surface area contributed by atoms with E-state index in [0.29, 0.717) is 0 Å². The van der Waals surface area contributed by atoms with E-state index in [0.717, 1.165) is 48.7 Å². The highest BCUT2D eigenvalue weighted by molar-refractivity contribution is 5.79. The molecule has 1 aliphatic heterocycles. The Morgan fingerprint density at radius 2 is 2.05 bits per heavy atom. The Hall–Kier alpha value is -1.94. The molecule has 1 aliphatic rings. The highest BCUT2D eigenvalue weighted by Crippen LogP contribution is 2.33. The smallest absolute Gasteiger partial charge is 0.0981 e. The van der Waals surface area contributed by atoms with Crippen LogP contribution in [0.1, 0.15) is 5.56 Å². The van der Waals surface area contributed by atoms with E-state index in [1.165, 1.54) is 5.56 Å². The van der Waals surface area contributed by atoms with Gasteiger partial charge in [-0.25, -0.2) is 0 Å². The molecule has 1 aromatic carbocycles. The van der Waals surface area contributed by atoms with Crippen molar-refractivity contribution in [3.63, 3.8) is 0 Å². The number of nitrogens with two attached hydrogens (primary N) is 1. The minimum absolute atomic E-state index is 0.837. The molecule has 2 aromatic rings. The first-order valence-corrected chi connectivity index (χ1v) is 6.64. The maximum absolute atomic E-state index is 6.23. The van der Waals surface area contributed by atoms with Crippen molar-refractivity contribution in [2.24, 2.45) is 0 Å². The van der Waals surface area contributed by atoms with Gasteiger partial charge in [-0.3, -0.25) is 0 Å². The van der Waals surface area contributed by atoms with Crippen molar-refractivity contribution in [2.45, 2.75) is 6.92 Å². The Bertz CT molecular complexity index is 557. The van der Waals surface area contributed by atoms with Crippen molar-refractivity contribution in [2.75, 3.05) is 36.8 Å². The third kappa shape index (κ3) is 2.31. The van der Waals surface area contributed by atoms with Crippen molar-refractivity contribution in [1.82, 2.24) is 5.32 Å². The van der Waals surface area contributed by atoms with Crippen molar-refractivity contribution < 1.29 is 4.42 Å². The Labute approximate surface area is 113 Å². The minimum atomic E-state index is 0.837. The van der Waals surface area contributed by atoms with Gasteiger partial charge in [-0.15, -0.1) is 0 Å². The topological polar surface area (TPSA) is 54.4 Å². The molecule has 3 N–H and O–H groups in total. The molecule has 0 atom stereocenters. The number of anilines is 2. The average Bonchev–Trinajstić information content (AvgIpc) is 2.96. The molecule has 19 heavy (non-hydrogen) atoms. The summed E-state index contributed by atoms with van der Waals surface area (Å²) in [5.41, 5.74) is 11.7. The fraction of sp³-hybridized carbons (Fsp3) is 0.333. The zero-order valence-electron chi connectivity index (χ0n) is 11.1. The number of nitrogens with zero attached hydrogens (tertiary/aromatic N) is 1. The van der Waals surface area contributed by atoms with Gasteiger partial charge in [0, 0.05) is 31.7 Å². The largest absolute Gasteiger partial charge is 0.472 e. The molecule has 0 bridgehead atoms. The number of benzene rings is 1. The van der Waals surface area contributed by atoms with Gasteiger partial charge < -0.3 is 20.4 Å². The summed E-state index contributed by atoms with van der Waals surface area (Å²) in [5.74, 6) is 0.